The van der Waals surface area contributed by atoms with Crippen molar-refractivity contribution in [2.24, 2.45) is 5.41 Å². The SMILES string of the molecule is CCCCCNC(=O)C(C)NCC(C)(C)C(=O)NC. The molecule has 1 unspecified atom stereocenters. The lowest BCUT2D eigenvalue weighted by molar-refractivity contribution is -0.129. The Morgan fingerprint density at radius 3 is 2.37 bits per heavy atom. The van der Waals surface area contributed by atoms with Crippen LogP contribution in [0.25, 0.3) is 0 Å². The summed E-state index contributed by atoms with van der Waals surface area (Å²) in [6, 6.07) is -0.287. The molecule has 2 amide bonds. The highest BCUT2D eigenvalue weighted by atomic mass is 16.2. The van der Waals surface area contributed by atoms with Gasteiger partial charge in [-0.3, -0.25) is 9.59 Å². The summed E-state index contributed by atoms with van der Waals surface area (Å²) in [6.45, 7) is 8.84. The van der Waals surface area contributed by atoms with E-state index >= 15 is 0 Å². The molecule has 0 aromatic rings. The Kier molecular flexibility index (Phi) is 8.39. The highest BCUT2D eigenvalue weighted by Crippen LogP contribution is 2.13. The first kappa shape index (κ1) is 17.9. The Morgan fingerprint density at radius 1 is 1.21 bits per heavy atom. The number of hydrogen-bond acceptors (Lipinski definition) is 3. The minimum Gasteiger partial charge on any atom is -0.359 e. The lowest BCUT2D eigenvalue weighted by atomic mass is 9.92. The Bertz CT molecular complexity index is 290. The summed E-state index contributed by atoms with van der Waals surface area (Å²) >= 11 is 0. The van der Waals surface area contributed by atoms with Crippen LogP contribution in [0.4, 0.5) is 0 Å². The molecule has 0 aliphatic heterocycles. The molecule has 0 spiro atoms. The second kappa shape index (κ2) is 8.91. The molecule has 0 bridgehead atoms. The lowest BCUT2D eigenvalue weighted by Crippen LogP contribution is -2.49. The number of rotatable bonds is 9. The van der Waals surface area contributed by atoms with Crippen molar-refractivity contribution in [3.63, 3.8) is 0 Å². The molecule has 19 heavy (non-hydrogen) atoms. The smallest absolute Gasteiger partial charge is 0.236 e. The number of nitrogens with one attached hydrogen (secondary N) is 3. The van der Waals surface area contributed by atoms with Crippen molar-refractivity contribution in [3.8, 4) is 0 Å². The van der Waals surface area contributed by atoms with Gasteiger partial charge >= 0.3 is 0 Å². The van der Waals surface area contributed by atoms with Crippen LogP contribution in [-0.2, 0) is 9.59 Å². The highest BCUT2D eigenvalue weighted by molar-refractivity contribution is 5.83. The van der Waals surface area contributed by atoms with Crippen molar-refractivity contribution in [2.45, 2.75) is 53.0 Å². The normalized spacial score (nSPS) is 12.9. The fourth-order valence-corrected chi connectivity index (χ4v) is 1.66. The molecule has 0 aliphatic carbocycles. The molecule has 0 saturated heterocycles. The zero-order chi connectivity index (χ0) is 14.9. The Labute approximate surface area is 116 Å². The van der Waals surface area contributed by atoms with Gasteiger partial charge in [-0.15, -0.1) is 0 Å². The zero-order valence-corrected chi connectivity index (χ0v) is 12.9. The molecule has 0 aromatic heterocycles. The average Bonchev–Trinajstić information content (AvgIpc) is 2.39. The molecule has 0 fully saturated rings. The molecule has 3 N–H and O–H groups in total. The van der Waals surface area contributed by atoms with Crippen molar-refractivity contribution in [1.29, 1.82) is 0 Å². The van der Waals surface area contributed by atoms with Gasteiger partial charge in [0.25, 0.3) is 0 Å². The fraction of sp³-hybridized carbons (Fsp3) is 0.857. The van der Waals surface area contributed by atoms with E-state index in [4.69, 9.17) is 0 Å². The van der Waals surface area contributed by atoms with Gasteiger partial charge in [-0.1, -0.05) is 19.8 Å². The van der Waals surface area contributed by atoms with Gasteiger partial charge in [-0.25, -0.2) is 0 Å². The van der Waals surface area contributed by atoms with Gasteiger partial charge < -0.3 is 16.0 Å². The van der Waals surface area contributed by atoms with Gasteiger partial charge in [0.1, 0.15) is 0 Å². The third-order valence-corrected chi connectivity index (χ3v) is 3.16. The third kappa shape index (κ3) is 7.15. The molecule has 0 aromatic carbocycles. The fourth-order valence-electron chi connectivity index (χ4n) is 1.66. The van der Waals surface area contributed by atoms with Gasteiger partial charge in [0.05, 0.1) is 11.5 Å². The Hall–Kier alpha value is -1.10. The maximum atomic E-state index is 11.8. The number of carbonyl (C=O) groups excluding carboxylic acids is 2. The van der Waals surface area contributed by atoms with E-state index in [0.29, 0.717) is 6.54 Å². The molecule has 112 valence electrons. The van der Waals surface area contributed by atoms with Crippen LogP contribution in [-0.4, -0.2) is 38.0 Å². The summed E-state index contributed by atoms with van der Waals surface area (Å²) in [7, 11) is 1.62. The summed E-state index contributed by atoms with van der Waals surface area (Å²) < 4.78 is 0. The van der Waals surface area contributed by atoms with Crippen LogP contribution in [0, 0.1) is 5.41 Å². The summed E-state index contributed by atoms with van der Waals surface area (Å²) in [4.78, 5) is 23.4. The van der Waals surface area contributed by atoms with E-state index in [-0.39, 0.29) is 17.9 Å². The van der Waals surface area contributed by atoms with E-state index in [9.17, 15) is 9.59 Å². The van der Waals surface area contributed by atoms with E-state index in [0.717, 1.165) is 25.8 Å². The molecule has 0 saturated carbocycles. The van der Waals surface area contributed by atoms with Gasteiger partial charge in [0.2, 0.25) is 11.8 Å². The monoisotopic (exact) mass is 271 g/mol. The molecular weight excluding hydrogens is 242 g/mol. The quantitative estimate of drug-likeness (QED) is 0.549. The molecule has 1 atom stereocenters. The van der Waals surface area contributed by atoms with Crippen LogP contribution in [0.5, 0.6) is 0 Å². The van der Waals surface area contributed by atoms with Crippen LogP contribution in [0.3, 0.4) is 0 Å². The second-order valence-corrected chi connectivity index (χ2v) is 5.56. The number of hydrogen-bond donors (Lipinski definition) is 3. The first-order chi connectivity index (χ1) is 8.85. The number of amides is 2. The van der Waals surface area contributed by atoms with Crippen LogP contribution in [0.15, 0.2) is 0 Å². The van der Waals surface area contributed by atoms with Crippen molar-refractivity contribution in [3.05, 3.63) is 0 Å². The Morgan fingerprint density at radius 2 is 1.84 bits per heavy atom. The standard InChI is InChI=1S/C14H29N3O2/c1-6-7-8-9-16-12(18)11(2)17-10-14(3,4)13(19)15-5/h11,17H,6-10H2,1-5H3,(H,15,19)(H,16,18). The maximum absolute atomic E-state index is 11.8. The molecular formula is C14H29N3O2. The van der Waals surface area contributed by atoms with Gasteiger partial charge in [-0.05, 0) is 27.2 Å². The van der Waals surface area contributed by atoms with E-state index in [1.54, 1.807) is 7.05 Å². The third-order valence-electron chi connectivity index (χ3n) is 3.16. The van der Waals surface area contributed by atoms with Gasteiger partial charge in [-0.2, -0.15) is 0 Å². The molecule has 0 rings (SSSR count). The van der Waals surface area contributed by atoms with E-state index in [1.165, 1.54) is 0 Å². The minimum absolute atomic E-state index is 0.0104. The van der Waals surface area contributed by atoms with Crippen molar-refractivity contribution in [1.82, 2.24) is 16.0 Å². The average molecular weight is 271 g/mol. The summed E-state index contributed by atoms with van der Waals surface area (Å²) in [5.41, 5.74) is -0.522. The molecule has 5 nitrogen and oxygen atoms in total. The summed E-state index contributed by atoms with van der Waals surface area (Å²) in [6.07, 6.45) is 3.29. The highest BCUT2D eigenvalue weighted by Gasteiger charge is 2.27. The molecule has 0 radical (unpaired) electrons. The predicted molar refractivity (Wildman–Crippen MR) is 77.8 cm³/mol. The van der Waals surface area contributed by atoms with Gasteiger partial charge in [0.15, 0.2) is 0 Å². The minimum atomic E-state index is -0.522. The van der Waals surface area contributed by atoms with Crippen molar-refractivity contribution in [2.75, 3.05) is 20.1 Å². The summed E-state index contributed by atoms with van der Waals surface area (Å²) in [5.74, 6) is -0.0423. The van der Waals surface area contributed by atoms with Crippen LogP contribution in [0.1, 0.15) is 47.0 Å². The van der Waals surface area contributed by atoms with Crippen molar-refractivity contribution < 1.29 is 9.59 Å². The Balaban J connectivity index is 3.99. The largest absolute Gasteiger partial charge is 0.359 e. The van der Waals surface area contributed by atoms with Gasteiger partial charge in [0, 0.05) is 20.1 Å². The first-order valence-corrected chi connectivity index (χ1v) is 7.08. The van der Waals surface area contributed by atoms with E-state index in [2.05, 4.69) is 22.9 Å². The second-order valence-electron chi connectivity index (χ2n) is 5.56. The van der Waals surface area contributed by atoms with Crippen molar-refractivity contribution >= 4 is 11.8 Å². The maximum Gasteiger partial charge on any atom is 0.236 e. The topological polar surface area (TPSA) is 70.2 Å². The summed E-state index contributed by atoms with van der Waals surface area (Å²) in [5, 5.41) is 8.63. The van der Waals surface area contributed by atoms with E-state index < -0.39 is 5.41 Å². The number of unbranched alkanes of at least 4 members (excludes halogenated alkanes) is 2. The molecule has 5 heteroatoms. The molecule has 0 heterocycles. The van der Waals surface area contributed by atoms with Crippen LogP contribution < -0.4 is 16.0 Å². The number of carbonyl (C=O) groups is 2. The predicted octanol–water partition coefficient (Wildman–Crippen LogP) is 1.04. The lowest BCUT2D eigenvalue weighted by Gasteiger charge is -2.25. The zero-order valence-electron chi connectivity index (χ0n) is 12.9. The van der Waals surface area contributed by atoms with Crippen LogP contribution in [0.2, 0.25) is 0 Å². The van der Waals surface area contributed by atoms with E-state index in [1.807, 2.05) is 20.8 Å². The van der Waals surface area contributed by atoms with Crippen LogP contribution >= 0.6 is 0 Å². The molecule has 0 aliphatic rings. The first-order valence-electron chi connectivity index (χ1n) is 7.08.